The number of hydrogen-bond donors (Lipinski definition) is 0. The Balaban J connectivity index is 0.000000133. The second kappa shape index (κ2) is 30.6. The van der Waals surface area contributed by atoms with Crippen molar-refractivity contribution in [1.82, 2.24) is 0 Å². The van der Waals surface area contributed by atoms with Crippen LogP contribution in [0.2, 0.25) is 0 Å². The molecule has 0 radical (unpaired) electrons. The number of ether oxygens (including phenoxy) is 4. The van der Waals surface area contributed by atoms with Crippen LogP contribution in [0.3, 0.4) is 0 Å². The zero-order chi connectivity index (χ0) is 93.1. The Labute approximate surface area is 822 Å². The first-order chi connectivity index (χ1) is 70.5. The summed E-state index contributed by atoms with van der Waals surface area (Å²) < 4.78 is 27.1. The average Bonchev–Trinajstić information content (AvgIpc) is 1.51. The van der Waals surface area contributed by atoms with Crippen molar-refractivity contribution in [2.75, 3.05) is 9.80 Å². The van der Waals surface area contributed by atoms with Gasteiger partial charge in [-0.05, 0) is 213 Å². The van der Waals surface area contributed by atoms with E-state index < -0.39 is 21.7 Å². The minimum absolute atomic E-state index is 0.630. The third kappa shape index (κ3) is 10.8. The monoisotopic (exact) mass is 1810 g/mol. The highest BCUT2D eigenvalue weighted by Gasteiger charge is 2.58. The summed E-state index contributed by atoms with van der Waals surface area (Å²) in [5.41, 5.74) is 37.5. The second-order valence-electron chi connectivity index (χ2n) is 38.3. The highest BCUT2D eigenvalue weighted by atomic mass is 16.5. The predicted octanol–water partition coefficient (Wildman–Crippen LogP) is 35.0. The number of benzene rings is 23. The van der Waals surface area contributed by atoms with E-state index >= 15 is 0 Å². The molecule has 0 amide bonds. The average molecular weight is 1810 g/mol. The van der Waals surface area contributed by atoms with Crippen LogP contribution in [-0.4, -0.2) is 0 Å². The van der Waals surface area contributed by atoms with E-state index in [0.717, 1.165) is 130 Å². The molecule has 0 bridgehead atoms. The predicted molar refractivity (Wildman–Crippen MR) is 575 cm³/mol. The molecule has 23 aromatic rings. The van der Waals surface area contributed by atoms with Crippen LogP contribution >= 0.6 is 0 Å². The van der Waals surface area contributed by atoms with Gasteiger partial charge in [-0.3, -0.25) is 0 Å². The standard InChI is InChI=1S/C70H43NO2.C66H41NO2/c1-2-18-49-45(17-1)35-36-47-43-46(39-42-50(47)49)44-37-40-48(41-38-44)71(61-29-15-27-59-67(61)51-19-3-5-21-53(51)69(59)55-23-7-11-31-63(55)72-64-32-12-8-24-56(64)69)62-30-16-28-60-68(62)52-20-4-6-22-54(52)70(60)57-25-9-13-33-65(57)73-66-34-14-10-26-58(66)70;1-2-20-42(21-3-1)43-40-41-56(45-23-5-4-22-44(43)45)67(57-34-18-32-54-63(57)46-24-6-8-26-48(46)65(54)50-28-10-14-36-59(50)68-60-37-15-11-29-51(60)65)58-35-19-33-55-64(58)47-25-7-9-27-49(47)66(55)52-30-12-16-38-61(52)69-62-39-17-13-31-53(62)66/h1-43H;1-41H. The summed E-state index contributed by atoms with van der Waals surface area (Å²) in [4.78, 5) is 5.14. The fraction of sp³-hybridized carbons (Fsp3) is 0.0294. The van der Waals surface area contributed by atoms with Crippen LogP contribution in [0.5, 0.6) is 46.0 Å². The van der Waals surface area contributed by atoms with E-state index in [9.17, 15) is 0 Å². The van der Waals surface area contributed by atoms with Gasteiger partial charge in [0.25, 0.3) is 0 Å². The number of rotatable bonds is 8. The van der Waals surface area contributed by atoms with Gasteiger partial charge in [0, 0.05) is 77.8 Å². The van der Waals surface area contributed by atoms with Gasteiger partial charge in [0.05, 0.1) is 50.1 Å². The number of anilines is 6. The number of fused-ring (bicyclic) bond motifs is 40. The highest BCUT2D eigenvalue weighted by Crippen LogP contribution is 2.72. The van der Waals surface area contributed by atoms with Crippen molar-refractivity contribution in [3.05, 3.63) is 599 Å². The summed E-state index contributed by atoms with van der Waals surface area (Å²) in [7, 11) is 0. The Morgan fingerprint density at radius 2 is 0.415 bits per heavy atom. The van der Waals surface area contributed by atoms with Gasteiger partial charge < -0.3 is 28.7 Å². The molecule has 4 spiro atoms. The normalized spacial score (nSPS) is 14.2. The molecule has 4 aliphatic carbocycles. The first kappa shape index (κ1) is 79.8. The molecule has 6 nitrogen and oxygen atoms in total. The van der Waals surface area contributed by atoms with Gasteiger partial charge in [0.1, 0.15) is 46.0 Å². The van der Waals surface area contributed by atoms with Crippen molar-refractivity contribution in [3.8, 4) is 113 Å². The lowest BCUT2D eigenvalue weighted by Crippen LogP contribution is -2.32. The van der Waals surface area contributed by atoms with E-state index in [2.05, 4.69) is 519 Å². The summed E-state index contributed by atoms with van der Waals surface area (Å²) in [6, 6.07) is 187. The summed E-state index contributed by atoms with van der Waals surface area (Å²) >= 11 is 0. The van der Waals surface area contributed by atoms with Gasteiger partial charge in [-0.15, -0.1) is 0 Å². The van der Waals surface area contributed by atoms with Crippen LogP contribution in [0, 0.1) is 0 Å². The van der Waals surface area contributed by atoms with E-state index in [1.807, 2.05) is 0 Å². The van der Waals surface area contributed by atoms with E-state index in [1.165, 1.54) is 138 Å². The second-order valence-corrected chi connectivity index (χ2v) is 38.3. The first-order valence-electron chi connectivity index (χ1n) is 49.1. The van der Waals surface area contributed by atoms with Crippen LogP contribution in [0.4, 0.5) is 34.1 Å². The zero-order valence-electron chi connectivity index (χ0n) is 77.0. The van der Waals surface area contributed by atoms with Gasteiger partial charge in [-0.1, -0.05) is 413 Å². The molecule has 0 fully saturated rings. The van der Waals surface area contributed by atoms with Crippen molar-refractivity contribution in [1.29, 1.82) is 0 Å². The molecule has 0 N–H and O–H groups in total. The summed E-state index contributed by atoms with van der Waals surface area (Å²) in [5.74, 6) is 7.03. The fourth-order valence-electron chi connectivity index (χ4n) is 26.4. The lowest BCUT2D eigenvalue weighted by atomic mass is 9.66. The number of para-hydroxylation sites is 8. The molecule has 31 rings (SSSR count). The van der Waals surface area contributed by atoms with E-state index in [4.69, 9.17) is 18.9 Å². The zero-order valence-corrected chi connectivity index (χ0v) is 77.0. The molecular formula is C136H84N2O4. The van der Waals surface area contributed by atoms with Gasteiger partial charge in [-0.25, -0.2) is 0 Å². The summed E-state index contributed by atoms with van der Waals surface area (Å²) in [6.45, 7) is 0. The fourth-order valence-corrected chi connectivity index (χ4v) is 26.4. The Kier molecular flexibility index (Phi) is 17.2. The molecule has 0 saturated heterocycles. The molecule has 6 heteroatoms. The van der Waals surface area contributed by atoms with Crippen molar-refractivity contribution < 1.29 is 18.9 Å². The molecule has 23 aromatic carbocycles. The van der Waals surface area contributed by atoms with Crippen LogP contribution in [-0.2, 0) is 21.7 Å². The minimum atomic E-state index is -0.636. The number of nitrogens with zero attached hydrogens (tertiary/aromatic N) is 2. The van der Waals surface area contributed by atoms with Crippen molar-refractivity contribution in [2.45, 2.75) is 21.7 Å². The third-order valence-electron chi connectivity index (χ3n) is 31.8. The van der Waals surface area contributed by atoms with Crippen molar-refractivity contribution >= 4 is 66.4 Å². The molecular weight excluding hydrogens is 1730 g/mol. The number of hydrogen-bond acceptors (Lipinski definition) is 6. The van der Waals surface area contributed by atoms with Gasteiger partial charge in [-0.2, -0.15) is 0 Å². The van der Waals surface area contributed by atoms with E-state index in [1.54, 1.807) is 0 Å². The maximum atomic E-state index is 6.78. The van der Waals surface area contributed by atoms with Crippen LogP contribution in [0.15, 0.2) is 510 Å². The van der Waals surface area contributed by atoms with Gasteiger partial charge in [0.15, 0.2) is 0 Å². The van der Waals surface area contributed by atoms with Gasteiger partial charge >= 0.3 is 0 Å². The Morgan fingerprint density at radius 3 is 0.782 bits per heavy atom. The largest absolute Gasteiger partial charge is 0.457 e. The van der Waals surface area contributed by atoms with E-state index in [0.29, 0.717) is 0 Å². The molecule has 4 aliphatic heterocycles. The molecule has 0 atom stereocenters. The molecule has 0 aromatic heterocycles. The minimum Gasteiger partial charge on any atom is -0.457 e. The van der Waals surface area contributed by atoms with Crippen molar-refractivity contribution in [2.24, 2.45) is 0 Å². The SMILES string of the molecule is c1ccc(-c2ccc(N(c3cccc4c3-c3ccccc3C43c4ccccc4Oc4ccccc43)c3cccc4c3-c3ccccc3C43c4ccccc4Oc4ccccc43)c3ccccc23)cc1.c1ccc2c(c1)Oc1ccccc1C21c2ccccc2-c2c(N(c3ccc(-c4ccc5c(ccc6ccccc65)c4)cc3)c3cccc4c3-c3ccccc3C43c4ccccc4Oc4ccccc43)cccc21. The summed E-state index contributed by atoms with van der Waals surface area (Å²) in [6.07, 6.45) is 0. The third-order valence-corrected chi connectivity index (χ3v) is 31.8. The maximum absolute atomic E-state index is 6.78. The van der Waals surface area contributed by atoms with Crippen LogP contribution in [0.1, 0.15) is 89.0 Å². The molecule has 0 saturated carbocycles. The quantitative estimate of drug-likeness (QED) is 0.141. The molecule has 662 valence electrons. The van der Waals surface area contributed by atoms with Crippen LogP contribution < -0.4 is 28.7 Å². The molecule has 142 heavy (non-hydrogen) atoms. The summed E-state index contributed by atoms with van der Waals surface area (Å²) in [5, 5.41) is 7.38. The highest BCUT2D eigenvalue weighted by molar-refractivity contribution is 6.13. The smallest absolute Gasteiger partial charge is 0.132 e. The molecule has 8 aliphatic rings. The molecule has 4 heterocycles. The Morgan fingerprint density at radius 1 is 0.141 bits per heavy atom. The van der Waals surface area contributed by atoms with Crippen molar-refractivity contribution in [3.63, 3.8) is 0 Å². The topological polar surface area (TPSA) is 43.4 Å². The molecule has 0 unspecified atom stereocenters. The lowest BCUT2D eigenvalue weighted by molar-refractivity contribution is 0.436. The Hall–Kier alpha value is -18.4. The first-order valence-corrected chi connectivity index (χ1v) is 49.1. The van der Waals surface area contributed by atoms with E-state index in [-0.39, 0.29) is 0 Å². The lowest BCUT2D eigenvalue weighted by Gasteiger charge is -2.40. The maximum Gasteiger partial charge on any atom is 0.132 e. The van der Waals surface area contributed by atoms with Crippen LogP contribution in [0.25, 0.3) is 99.1 Å². The van der Waals surface area contributed by atoms with Gasteiger partial charge in [0.2, 0.25) is 0 Å². The Bertz CT molecular complexity index is 8740.